The Morgan fingerprint density at radius 2 is 1.86 bits per heavy atom. The number of carbonyl (C=O) groups excluding carboxylic acids is 1. The highest BCUT2D eigenvalue weighted by Gasteiger charge is 2.65. The second-order valence-corrected chi connectivity index (χ2v) is 8.45. The maximum absolute atomic E-state index is 13.7. The smallest absolute Gasteiger partial charge is 0.243 e. The number of methoxy groups -OCH3 is 2. The zero-order chi connectivity index (χ0) is 20.0. The van der Waals surface area contributed by atoms with Crippen LogP contribution in [0.25, 0.3) is 0 Å². The first-order valence-electron chi connectivity index (χ1n) is 10.5. The Morgan fingerprint density at radius 3 is 2.62 bits per heavy atom. The summed E-state index contributed by atoms with van der Waals surface area (Å²) < 4.78 is 10.9. The highest BCUT2D eigenvalue weighted by molar-refractivity contribution is 5.90. The Bertz CT molecular complexity index is 913. The van der Waals surface area contributed by atoms with E-state index in [1.165, 1.54) is 5.56 Å². The number of likely N-dealkylation sites (tertiary alicyclic amines) is 1. The van der Waals surface area contributed by atoms with Gasteiger partial charge >= 0.3 is 0 Å². The summed E-state index contributed by atoms with van der Waals surface area (Å²) in [5.41, 5.74) is 2.05. The molecule has 5 heteroatoms. The van der Waals surface area contributed by atoms with Crippen molar-refractivity contribution >= 4 is 5.91 Å². The van der Waals surface area contributed by atoms with E-state index in [0.717, 1.165) is 49.4 Å². The molecule has 1 spiro atoms. The van der Waals surface area contributed by atoms with Crippen LogP contribution in [-0.4, -0.2) is 48.6 Å². The van der Waals surface area contributed by atoms with Gasteiger partial charge in [-0.15, -0.1) is 0 Å². The number of benzene rings is 2. The number of amides is 1. The number of ether oxygens (including phenoxy) is 2. The molecule has 3 saturated heterocycles. The highest BCUT2D eigenvalue weighted by Crippen LogP contribution is 2.57. The van der Waals surface area contributed by atoms with Crippen molar-refractivity contribution in [2.45, 2.75) is 37.4 Å². The summed E-state index contributed by atoms with van der Waals surface area (Å²) in [6, 6.07) is 16.6. The number of carbonyl (C=O) groups is 1. The fourth-order valence-electron chi connectivity index (χ4n) is 5.90. The van der Waals surface area contributed by atoms with Crippen molar-refractivity contribution < 1.29 is 14.3 Å². The molecule has 0 aromatic heterocycles. The molecule has 2 aromatic carbocycles. The Morgan fingerprint density at radius 1 is 1.07 bits per heavy atom. The lowest BCUT2D eigenvalue weighted by Crippen LogP contribution is -2.49. The number of hydrogen-bond acceptors (Lipinski definition) is 4. The Labute approximate surface area is 172 Å². The summed E-state index contributed by atoms with van der Waals surface area (Å²) >= 11 is 0. The molecular formula is C24H28N2O3. The van der Waals surface area contributed by atoms with Crippen LogP contribution >= 0.6 is 0 Å². The molecule has 29 heavy (non-hydrogen) atoms. The van der Waals surface area contributed by atoms with E-state index in [1.54, 1.807) is 14.2 Å². The van der Waals surface area contributed by atoms with Crippen LogP contribution in [0, 0.1) is 5.92 Å². The molecular weight excluding hydrogens is 364 g/mol. The van der Waals surface area contributed by atoms with Gasteiger partial charge in [-0.1, -0.05) is 30.3 Å². The molecule has 5 nitrogen and oxygen atoms in total. The Balaban J connectivity index is 1.41. The third-order valence-corrected chi connectivity index (χ3v) is 7.16. The fraction of sp³-hybridized carbons (Fsp3) is 0.458. The van der Waals surface area contributed by atoms with Crippen LogP contribution in [0.1, 0.15) is 36.4 Å². The molecule has 3 aliphatic rings. The summed E-state index contributed by atoms with van der Waals surface area (Å²) in [5.74, 6) is 2.47. The monoisotopic (exact) mass is 392 g/mol. The van der Waals surface area contributed by atoms with Crippen molar-refractivity contribution in [2.75, 3.05) is 27.3 Å². The standard InChI is InChI=1S/C24H28N2O3/c1-28-19-10-8-17(9-11-19)15-25-16-18-14-21(20-6-3-4-7-22(20)29-2)26-13-5-12-24(18,26)23(25)27/h3-4,6-11,18,21H,5,12-16H2,1-2H3/t18-,21-,24-/m0/s1. The van der Waals surface area contributed by atoms with Gasteiger partial charge in [0.05, 0.1) is 14.2 Å². The van der Waals surface area contributed by atoms with Crippen LogP contribution in [0.15, 0.2) is 48.5 Å². The van der Waals surface area contributed by atoms with Gasteiger partial charge in [-0.3, -0.25) is 9.69 Å². The third-order valence-electron chi connectivity index (χ3n) is 7.16. The minimum atomic E-state index is -0.321. The molecule has 0 saturated carbocycles. The van der Waals surface area contributed by atoms with E-state index in [1.807, 2.05) is 24.3 Å². The first kappa shape index (κ1) is 18.5. The molecule has 5 rings (SSSR count). The van der Waals surface area contributed by atoms with Crippen molar-refractivity contribution in [1.29, 1.82) is 0 Å². The third kappa shape index (κ3) is 2.75. The molecule has 3 fully saturated rings. The lowest BCUT2D eigenvalue weighted by molar-refractivity contribution is -0.137. The van der Waals surface area contributed by atoms with Gasteiger partial charge in [0.25, 0.3) is 0 Å². The van der Waals surface area contributed by atoms with Gasteiger partial charge in [-0.05, 0) is 49.6 Å². The average Bonchev–Trinajstić information content (AvgIpc) is 3.39. The zero-order valence-corrected chi connectivity index (χ0v) is 17.1. The quantitative estimate of drug-likeness (QED) is 0.779. The van der Waals surface area contributed by atoms with Crippen molar-refractivity contribution in [2.24, 2.45) is 5.92 Å². The molecule has 3 atom stereocenters. The van der Waals surface area contributed by atoms with E-state index in [2.05, 4.69) is 34.1 Å². The second-order valence-electron chi connectivity index (χ2n) is 8.45. The van der Waals surface area contributed by atoms with Crippen LogP contribution in [0.4, 0.5) is 0 Å². The van der Waals surface area contributed by atoms with E-state index in [0.29, 0.717) is 18.4 Å². The average molecular weight is 392 g/mol. The van der Waals surface area contributed by atoms with Crippen LogP contribution in [0.5, 0.6) is 11.5 Å². The van der Waals surface area contributed by atoms with Crippen molar-refractivity contribution in [3.8, 4) is 11.5 Å². The molecule has 0 unspecified atom stereocenters. The van der Waals surface area contributed by atoms with Crippen LogP contribution < -0.4 is 9.47 Å². The first-order valence-corrected chi connectivity index (χ1v) is 10.5. The van der Waals surface area contributed by atoms with Gasteiger partial charge in [0, 0.05) is 30.6 Å². The predicted molar refractivity (Wildman–Crippen MR) is 111 cm³/mol. The number of nitrogens with zero attached hydrogens (tertiary/aromatic N) is 2. The normalized spacial score (nSPS) is 28.5. The SMILES string of the molecule is COc1ccc(CN2C[C@@H]3C[C@@H](c4ccccc4OC)N4CCC[C@@]34C2=O)cc1. The van der Waals surface area contributed by atoms with Crippen LogP contribution in [0.2, 0.25) is 0 Å². The van der Waals surface area contributed by atoms with Crippen molar-refractivity contribution in [1.82, 2.24) is 9.80 Å². The van der Waals surface area contributed by atoms with E-state index >= 15 is 0 Å². The van der Waals surface area contributed by atoms with E-state index in [-0.39, 0.29) is 11.6 Å². The molecule has 0 N–H and O–H groups in total. The van der Waals surface area contributed by atoms with Crippen molar-refractivity contribution in [3.05, 3.63) is 59.7 Å². The van der Waals surface area contributed by atoms with Gasteiger partial charge in [-0.2, -0.15) is 0 Å². The molecule has 0 aliphatic carbocycles. The Hall–Kier alpha value is -2.53. The second kappa shape index (κ2) is 7.06. The molecule has 152 valence electrons. The van der Waals surface area contributed by atoms with Gasteiger partial charge in [0.1, 0.15) is 17.0 Å². The fourth-order valence-corrected chi connectivity index (χ4v) is 5.90. The largest absolute Gasteiger partial charge is 0.497 e. The van der Waals surface area contributed by atoms with E-state index in [4.69, 9.17) is 9.47 Å². The topological polar surface area (TPSA) is 42.0 Å². The predicted octanol–water partition coefficient (Wildman–Crippen LogP) is 3.64. The molecule has 2 aromatic rings. The summed E-state index contributed by atoms with van der Waals surface area (Å²) in [6.45, 7) is 2.50. The van der Waals surface area contributed by atoms with Gasteiger partial charge in [-0.25, -0.2) is 0 Å². The first-order chi connectivity index (χ1) is 14.2. The summed E-state index contributed by atoms with van der Waals surface area (Å²) in [6.07, 6.45) is 3.08. The van der Waals surface area contributed by atoms with Gasteiger partial charge < -0.3 is 14.4 Å². The zero-order valence-electron chi connectivity index (χ0n) is 17.1. The van der Waals surface area contributed by atoms with Crippen LogP contribution in [-0.2, 0) is 11.3 Å². The number of para-hydroxylation sites is 1. The van der Waals surface area contributed by atoms with Crippen LogP contribution in [0.3, 0.4) is 0 Å². The van der Waals surface area contributed by atoms with Crippen molar-refractivity contribution in [3.63, 3.8) is 0 Å². The summed E-state index contributed by atoms with van der Waals surface area (Å²) in [7, 11) is 3.41. The lowest BCUT2D eigenvalue weighted by Gasteiger charge is -2.34. The number of hydrogen-bond donors (Lipinski definition) is 0. The summed E-state index contributed by atoms with van der Waals surface area (Å²) in [4.78, 5) is 18.2. The molecule has 0 bridgehead atoms. The maximum atomic E-state index is 13.7. The van der Waals surface area contributed by atoms with E-state index in [9.17, 15) is 4.79 Å². The minimum absolute atomic E-state index is 0.269. The van der Waals surface area contributed by atoms with Gasteiger partial charge in [0.15, 0.2) is 0 Å². The van der Waals surface area contributed by atoms with E-state index < -0.39 is 0 Å². The molecule has 0 radical (unpaired) electrons. The Kier molecular flexibility index (Phi) is 4.50. The molecule has 3 heterocycles. The lowest BCUT2D eigenvalue weighted by atomic mass is 9.85. The number of rotatable bonds is 5. The highest BCUT2D eigenvalue weighted by atomic mass is 16.5. The molecule has 1 amide bonds. The molecule has 3 aliphatic heterocycles. The maximum Gasteiger partial charge on any atom is 0.243 e. The summed E-state index contributed by atoms with van der Waals surface area (Å²) in [5, 5.41) is 0. The minimum Gasteiger partial charge on any atom is -0.497 e. The van der Waals surface area contributed by atoms with Gasteiger partial charge in [0.2, 0.25) is 5.91 Å².